The molecule has 22 heavy (non-hydrogen) atoms. The number of nitrogens with one attached hydrogen (secondary N) is 3. The van der Waals surface area contributed by atoms with Crippen molar-refractivity contribution in [1.29, 1.82) is 0 Å². The minimum absolute atomic E-state index is 0.113. The molecule has 0 unspecified atom stereocenters. The number of alkyl halides is 7. The number of ether oxygens (including phenoxy) is 1. The number of carbonyl (C=O) groups is 2. The summed E-state index contributed by atoms with van der Waals surface area (Å²) in [5.41, 5.74) is 0. The molecule has 0 atom stereocenters. The Kier molecular flexibility index (Phi) is 5.97. The minimum atomic E-state index is -6.61. The number of aliphatic imine (C=N–C) groups is 1. The van der Waals surface area contributed by atoms with Gasteiger partial charge in [0.15, 0.2) is 0 Å². The first-order valence-electron chi connectivity index (χ1n) is 5.04. The van der Waals surface area contributed by atoms with Gasteiger partial charge in [-0.05, 0) is 0 Å². The van der Waals surface area contributed by atoms with Crippen LogP contribution in [0.15, 0.2) is 4.99 Å². The highest BCUT2D eigenvalue weighted by Gasteiger charge is 2.74. The summed E-state index contributed by atoms with van der Waals surface area (Å²) in [6.45, 7) is 0. The van der Waals surface area contributed by atoms with Gasteiger partial charge in [-0.15, -0.1) is 4.99 Å². The molecule has 0 aliphatic rings. The minimum Gasteiger partial charge on any atom is -0.468 e. The van der Waals surface area contributed by atoms with E-state index in [2.05, 4.69) is 9.73 Å². The normalized spacial score (nSPS) is 13.4. The van der Waals surface area contributed by atoms with Gasteiger partial charge in [-0.25, -0.2) is 9.59 Å². The highest BCUT2D eigenvalue weighted by atomic mass is 19.4. The van der Waals surface area contributed by atoms with Crippen LogP contribution in [0.4, 0.5) is 40.3 Å². The van der Waals surface area contributed by atoms with Crippen LogP contribution >= 0.6 is 0 Å². The van der Waals surface area contributed by atoms with Crippen LogP contribution in [0.5, 0.6) is 0 Å². The van der Waals surface area contributed by atoms with E-state index in [1.165, 1.54) is 5.32 Å². The van der Waals surface area contributed by atoms with Crippen molar-refractivity contribution in [2.24, 2.45) is 4.99 Å². The zero-order valence-electron chi connectivity index (χ0n) is 10.8. The van der Waals surface area contributed by atoms with Crippen LogP contribution in [0.25, 0.3) is 0 Å². The fourth-order valence-electron chi connectivity index (χ4n) is 0.800. The van der Waals surface area contributed by atoms with E-state index >= 15 is 0 Å². The molecule has 0 fully saturated rings. The smallest absolute Gasteiger partial charge is 0.462 e. The first-order valence-corrected chi connectivity index (χ1v) is 5.04. The highest BCUT2D eigenvalue weighted by Crippen LogP contribution is 2.44. The number of methoxy groups -OCH3 is 1. The Hall–Kier alpha value is -2.28. The van der Waals surface area contributed by atoms with Crippen LogP contribution in [0.2, 0.25) is 0 Å². The quantitative estimate of drug-likeness (QED) is 0.307. The maximum atomic E-state index is 12.8. The molecule has 0 aliphatic carbocycles. The Morgan fingerprint density at radius 2 is 1.55 bits per heavy atom. The van der Waals surface area contributed by atoms with E-state index in [0.717, 1.165) is 14.2 Å². The van der Waals surface area contributed by atoms with Crippen molar-refractivity contribution >= 4 is 18.1 Å². The maximum Gasteiger partial charge on any atom is 0.462 e. The largest absolute Gasteiger partial charge is 0.468 e. The van der Waals surface area contributed by atoms with Gasteiger partial charge in [0.05, 0.1) is 7.11 Å². The summed E-state index contributed by atoms with van der Waals surface area (Å²) >= 11 is 0. The molecular formula is C8H9F7N4O3. The highest BCUT2D eigenvalue weighted by molar-refractivity contribution is 5.98. The predicted molar refractivity (Wildman–Crippen MR) is 56.5 cm³/mol. The van der Waals surface area contributed by atoms with E-state index in [1.807, 2.05) is 5.32 Å². The van der Waals surface area contributed by atoms with E-state index in [4.69, 9.17) is 0 Å². The molecule has 0 aromatic heterocycles. The van der Waals surface area contributed by atoms with Crippen LogP contribution in [-0.2, 0) is 4.74 Å². The number of halogens is 7. The molecule has 0 aliphatic heterocycles. The number of hydrogen-bond acceptors (Lipinski definition) is 3. The number of rotatable bonds is 2. The van der Waals surface area contributed by atoms with Crippen molar-refractivity contribution in [3.8, 4) is 0 Å². The SMILES string of the molecule is CNC(=O)N=C(NC(=O)NC(F)(F)C(F)(F)C(F)(F)F)OC. The topological polar surface area (TPSA) is 91.8 Å². The Bertz CT molecular complexity index is 463. The van der Waals surface area contributed by atoms with Gasteiger partial charge in [0.25, 0.3) is 0 Å². The second-order valence-corrected chi connectivity index (χ2v) is 3.40. The summed E-state index contributed by atoms with van der Waals surface area (Å²) in [5.74, 6) is -6.53. The lowest BCUT2D eigenvalue weighted by molar-refractivity contribution is -0.358. The fourth-order valence-corrected chi connectivity index (χ4v) is 0.800. The Balaban J connectivity index is 5.05. The van der Waals surface area contributed by atoms with Crippen molar-refractivity contribution in [3.63, 3.8) is 0 Å². The van der Waals surface area contributed by atoms with Crippen LogP contribution in [-0.4, -0.2) is 50.4 Å². The molecule has 14 heteroatoms. The van der Waals surface area contributed by atoms with Crippen molar-refractivity contribution < 1.29 is 45.1 Å². The Morgan fingerprint density at radius 1 is 1.05 bits per heavy atom. The van der Waals surface area contributed by atoms with Gasteiger partial charge in [0.2, 0.25) is 0 Å². The lowest BCUT2D eigenvalue weighted by Gasteiger charge is -2.28. The Morgan fingerprint density at radius 3 is 1.91 bits per heavy atom. The second-order valence-electron chi connectivity index (χ2n) is 3.40. The van der Waals surface area contributed by atoms with E-state index < -0.39 is 36.2 Å². The van der Waals surface area contributed by atoms with E-state index in [0.29, 0.717) is 0 Å². The van der Waals surface area contributed by atoms with E-state index in [-0.39, 0.29) is 5.32 Å². The number of amides is 4. The number of urea groups is 2. The van der Waals surface area contributed by atoms with Gasteiger partial charge in [-0.1, -0.05) is 0 Å². The maximum absolute atomic E-state index is 12.8. The summed E-state index contributed by atoms with van der Waals surface area (Å²) in [6.07, 6.45) is -6.61. The lowest BCUT2D eigenvalue weighted by atomic mass is 10.2. The summed E-state index contributed by atoms with van der Waals surface area (Å²) < 4.78 is 90.4. The molecule has 4 amide bonds. The third kappa shape index (κ3) is 4.63. The number of nitrogens with zero attached hydrogens (tertiary/aromatic N) is 1. The van der Waals surface area contributed by atoms with Gasteiger partial charge in [0, 0.05) is 7.05 Å². The zero-order valence-corrected chi connectivity index (χ0v) is 10.8. The number of hydrogen-bond donors (Lipinski definition) is 3. The molecular weight excluding hydrogens is 333 g/mol. The van der Waals surface area contributed by atoms with Crippen molar-refractivity contribution in [2.75, 3.05) is 14.2 Å². The van der Waals surface area contributed by atoms with Crippen LogP contribution < -0.4 is 16.0 Å². The van der Waals surface area contributed by atoms with Crippen LogP contribution in [0, 0.1) is 0 Å². The monoisotopic (exact) mass is 342 g/mol. The molecule has 0 aromatic carbocycles. The molecule has 0 aromatic rings. The second kappa shape index (κ2) is 6.65. The fraction of sp³-hybridized carbons (Fsp3) is 0.625. The average Bonchev–Trinajstić information content (AvgIpc) is 2.35. The molecule has 0 bridgehead atoms. The van der Waals surface area contributed by atoms with Gasteiger partial charge in [-0.3, -0.25) is 10.6 Å². The molecule has 0 saturated heterocycles. The molecule has 0 radical (unpaired) electrons. The summed E-state index contributed by atoms with van der Waals surface area (Å²) in [6, 6.07) is -10.3. The third-order valence-corrected chi connectivity index (χ3v) is 1.85. The molecule has 0 saturated carbocycles. The van der Waals surface area contributed by atoms with Gasteiger partial charge >= 0.3 is 36.2 Å². The molecule has 3 N–H and O–H groups in total. The third-order valence-electron chi connectivity index (χ3n) is 1.85. The molecule has 0 heterocycles. The van der Waals surface area contributed by atoms with E-state index in [9.17, 15) is 40.3 Å². The molecule has 0 spiro atoms. The number of carbonyl (C=O) groups excluding carboxylic acids is 2. The summed E-state index contributed by atoms with van der Waals surface area (Å²) in [5, 5.41) is 3.26. The lowest BCUT2D eigenvalue weighted by Crippen LogP contribution is -2.62. The van der Waals surface area contributed by atoms with Crippen molar-refractivity contribution in [3.05, 3.63) is 0 Å². The van der Waals surface area contributed by atoms with Gasteiger partial charge in [0.1, 0.15) is 0 Å². The molecule has 7 nitrogen and oxygen atoms in total. The van der Waals surface area contributed by atoms with Crippen molar-refractivity contribution in [2.45, 2.75) is 18.1 Å². The molecule has 128 valence electrons. The van der Waals surface area contributed by atoms with Crippen LogP contribution in [0.3, 0.4) is 0 Å². The Labute approximate surface area is 117 Å². The first kappa shape index (κ1) is 19.7. The van der Waals surface area contributed by atoms with Crippen LogP contribution in [0.1, 0.15) is 0 Å². The van der Waals surface area contributed by atoms with Crippen molar-refractivity contribution in [1.82, 2.24) is 16.0 Å². The average molecular weight is 342 g/mol. The van der Waals surface area contributed by atoms with E-state index in [1.54, 1.807) is 0 Å². The molecule has 0 rings (SSSR count). The summed E-state index contributed by atoms with van der Waals surface area (Å²) in [7, 11) is 1.90. The predicted octanol–water partition coefficient (Wildman–Crippen LogP) is 1.42. The summed E-state index contributed by atoms with van der Waals surface area (Å²) in [4.78, 5) is 24.7. The van der Waals surface area contributed by atoms with Gasteiger partial charge < -0.3 is 10.1 Å². The number of amidine groups is 1. The zero-order chi connectivity index (χ0) is 17.8. The first-order chi connectivity index (χ1) is 9.78. The van der Waals surface area contributed by atoms with Gasteiger partial charge in [-0.2, -0.15) is 30.7 Å². The standard InChI is InChI=1S/C8H9F7N4O3/c1-16-3(20)17-5(22-2)18-4(21)19-8(14,15)6(9,10)7(11,12)13/h1-2H3,(H3,16,17,18,19,20,21).